The Labute approximate surface area is 103 Å². The molecule has 1 saturated carbocycles. The fraction of sp³-hybridized carbons (Fsp3) is 0.571. The van der Waals surface area contributed by atoms with E-state index in [1.807, 2.05) is 12.1 Å². The Hall–Kier alpha value is -1.06. The maximum absolute atomic E-state index is 9.14. The Balaban J connectivity index is 2.08. The highest BCUT2D eigenvalue weighted by Gasteiger charge is 2.24. The van der Waals surface area contributed by atoms with Gasteiger partial charge in [-0.25, -0.2) is 0 Å². The van der Waals surface area contributed by atoms with Crippen molar-refractivity contribution in [3.63, 3.8) is 0 Å². The number of rotatable bonds is 5. The van der Waals surface area contributed by atoms with Crippen molar-refractivity contribution in [2.45, 2.75) is 38.8 Å². The molecule has 0 atom stereocenters. The summed E-state index contributed by atoms with van der Waals surface area (Å²) in [5.74, 6) is 0. The molecule has 3 heteroatoms. The number of nitrogens with two attached hydrogens (primary N) is 1. The summed E-state index contributed by atoms with van der Waals surface area (Å²) in [5, 5.41) is 9.14. The van der Waals surface area contributed by atoms with E-state index in [0.717, 1.165) is 18.8 Å². The number of aliphatic hydroxyl groups excluding tert-OH is 1. The van der Waals surface area contributed by atoms with Gasteiger partial charge >= 0.3 is 0 Å². The Bertz CT molecular complexity index is 374. The minimum Gasteiger partial charge on any atom is -0.399 e. The number of anilines is 1. The van der Waals surface area contributed by atoms with Gasteiger partial charge in [-0.3, -0.25) is 4.90 Å². The van der Waals surface area contributed by atoms with Crippen LogP contribution in [0.25, 0.3) is 0 Å². The minimum atomic E-state index is 0.234. The molecular formula is C14H22N2O. The van der Waals surface area contributed by atoms with Crippen molar-refractivity contribution in [3.05, 3.63) is 29.3 Å². The first-order valence-corrected chi connectivity index (χ1v) is 6.41. The lowest BCUT2D eigenvalue weighted by molar-refractivity contribution is 0.0944. The smallest absolute Gasteiger partial charge is 0.0558 e. The Morgan fingerprint density at radius 3 is 2.76 bits per heavy atom. The quantitative estimate of drug-likeness (QED) is 0.765. The molecule has 1 aliphatic rings. The lowest BCUT2D eigenvalue weighted by atomic mass is 9.91. The van der Waals surface area contributed by atoms with Crippen LogP contribution in [0.4, 0.5) is 5.69 Å². The molecule has 0 spiro atoms. The first kappa shape index (κ1) is 12.4. The number of aliphatic hydroxyl groups is 1. The van der Waals surface area contributed by atoms with E-state index in [0.29, 0.717) is 6.04 Å². The second-order valence-corrected chi connectivity index (χ2v) is 4.91. The van der Waals surface area contributed by atoms with Crippen LogP contribution in [0.15, 0.2) is 18.2 Å². The van der Waals surface area contributed by atoms with E-state index in [9.17, 15) is 0 Å². The molecule has 0 amide bonds. The molecule has 0 radical (unpaired) electrons. The van der Waals surface area contributed by atoms with Crippen molar-refractivity contribution < 1.29 is 5.11 Å². The maximum atomic E-state index is 9.14. The Morgan fingerprint density at radius 2 is 2.18 bits per heavy atom. The van der Waals surface area contributed by atoms with Gasteiger partial charge in [-0.05, 0) is 37.0 Å². The Morgan fingerprint density at radius 1 is 1.41 bits per heavy atom. The summed E-state index contributed by atoms with van der Waals surface area (Å²) in [6.45, 7) is 3.97. The van der Waals surface area contributed by atoms with Crippen molar-refractivity contribution in [1.82, 2.24) is 4.90 Å². The molecule has 0 aliphatic heterocycles. The molecule has 3 nitrogen and oxygen atoms in total. The zero-order chi connectivity index (χ0) is 12.3. The van der Waals surface area contributed by atoms with Crippen molar-refractivity contribution in [3.8, 4) is 0 Å². The van der Waals surface area contributed by atoms with Gasteiger partial charge in [-0.2, -0.15) is 0 Å². The molecule has 0 bridgehead atoms. The third kappa shape index (κ3) is 2.79. The fourth-order valence-corrected chi connectivity index (χ4v) is 2.36. The van der Waals surface area contributed by atoms with Crippen LogP contribution in [0.5, 0.6) is 0 Å². The van der Waals surface area contributed by atoms with E-state index >= 15 is 0 Å². The van der Waals surface area contributed by atoms with Crippen LogP contribution in [0, 0.1) is 6.92 Å². The molecule has 17 heavy (non-hydrogen) atoms. The summed E-state index contributed by atoms with van der Waals surface area (Å²) in [4.78, 5) is 2.38. The second-order valence-electron chi connectivity index (χ2n) is 4.91. The fourth-order valence-electron chi connectivity index (χ4n) is 2.36. The molecule has 0 heterocycles. The SMILES string of the molecule is Cc1c(N)cccc1CN(CCO)C1CCC1. The van der Waals surface area contributed by atoms with Crippen LogP contribution in [0.3, 0.4) is 0 Å². The van der Waals surface area contributed by atoms with E-state index in [1.54, 1.807) is 0 Å². The molecule has 94 valence electrons. The van der Waals surface area contributed by atoms with Crippen LogP contribution in [-0.4, -0.2) is 29.2 Å². The summed E-state index contributed by atoms with van der Waals surface area (Å²) in [6.07, 6.45) is 3.85. The summed E-state index contributed by atoms with van der Waals surface area (Å²) in [7, 11) is 0. The molecule has 2 rings (SSSR count). The molecule has 1 fully saturated rings. The van der Waals surface area contributed by atoms with Gasteiger partial charge in [0.05, 0.1) is 6.61 Å². The van der Waals surface area contributed by atoms with Crippen LogP contribution < -0.4 is 5.73 Å². The van der Waals surface area contributed by atoms with Gasteiger partial charge in [-0.15, -0.1) is 0 Å². The molecule has 0 aromatic heterocycles. The topological polar surface area (TPSA) is 49.5 Å². The maximum Gasteiger partial charge on any atom is 0.0558 e. The van der Waals surface area contributed by atoms with E-state index in [4.69, 9.17) is 10.8 Å². The normalized spacial score (nSPS) is 16.2. The molecule has 1 aromatic rings. The van der Waals surface area contributed by atoms with Gasteiger partial charge in [0.25, 0.3) is 0 Å². The predicted molar refractivity (Wildman–Crippen MR) is 70.7 cm³/mol. The first-order chi connectivity index (χ1) is 8.22. The number of hydrogen-bond acceptors (Lipinski definition) is 3. The zero-order valence-corrected chi connectivity index (χ0v) is 10.5. The van der Waals surface area contributed by atoms with Gasteiger partial charge < -0.3 is 10.8 Å². The third-order valence-corrected chi connectivity index (χ3v) is 3.84. The average molecular weight is 234 g/mol. The van der Waals surface area contributed by atoms with E-state index in [-0.39, 0.29) is 6.61 Å². The number of nitrogens with zero attached hydrogens (tertiary/aromatic N) is 1. The average Bonchev–Trinajstić information content (AvgIpc) is 2.22. The Kier molecular flexibility index (Phi) is 4.02. The predicted octanol–water partition coefficient (Wildman–Crippen LogP) is 1.92. The van der Waals surface area contributed by atoms with Gasteiger partial charge in [0.1, 0.15) is 0 Å². The van der Waals surface area contributed by atoms with Crippen molar-refractivity contribution >= 4 is 5.69 Å². The number of benzene rings is 1. The first-order valence-electron chi connectivity index (χ1n) is 6.41. The lowest BCUT2D eigenvalue weighted by Gasteiger charge is -2.37. The summed E-state index contributed by atoms with van der Waals surface area (Å²) < 4.78 is 0. The van der Waals surface area contributed by atoms with E-state index < -0.39 is 0 Å². The standard InChI is InChI=1S/C14H22N2O/c1-11-12(4-2-7-14(11)15)10-16(8-9-17)13-5-3-6-13/h2,4,7,13,17H,3,5-6,8-10,15H2,1H3. The van der Waals surface area contributed by atoms with Crippen LogP contribution >= 0.6 is 0 Å². The molecule has 1 aliphatic carbocycles. The minimum absolute atomic E-state index is 0.234. The summed E-state index contributed by atoms with van der Waals surface area (Å²) in [5.41, 5.74) is 9.24. The highest BCUT2D eigenvalue weighted by Crippen LogP contribution is 2.27. The number of nitrogen functional groups attached to an aromatic ring is 1. The summed E-state index contributed by atoms with van der Waals surface area (Å²) in [6, 6.07) is 6.74. The second kappa shape index (κ2) is 5.52. The highest BCUT2D eigenvalue weighted by molar-refractivity contribution is 5.49. The van der Waals surface area contributed by atoms with Crippen molar-refractivity contribution in [1.29, 1.82) is 0 Å². The lowest BCUT2D eigenvalue weighted by Crippen LogP contribution is -2.41. The zero-order valence-electron chi connectivity index (χ0n) is 10.5. The van der Waals surface area contributed by atoms with Gasteiger partial charge in [0.2, 0.25) is 0 Å². The van der Waals surface area contributed by atoms with Gasteiger partial charge in [0.15, 0.2) is 0 Å². The van der Waals surface area contributed by atoms with Gasteiger partial charge in [-0.1, -0.05) is 18.6 Å². The van der Waals surface area contributed by atoms with Gasteiger partial charge in [0, 0.05) is 24.8 Å². The van der Waals surface area contributed by atoms with Crippen molar-refractivity contribution in [2.24, 2.45) is 0 Å². The highest BCUT2D eigenvalue weighted by atomic mass is 16.3. The third-order valence-electron chi connectivity index (χ3n) is 3.84. The molecule has 0 saturated heterocycles. The summed E-state index contributed by atoms with van der Waals surface area (Å²) >= 11 is 0. The molecule has 1 aromatic carbocycles. The van der Waals surface area contributed by atoms with Crippen molar-refractivity contribution in [2.75, 3.05) is 18.9 Å². The van der Waals surface area contributed by atoms with Crippen LogP contribution in [0.2, 0.25) is 0 Å². The molecule has 3 N–H and O–H groups in total. The molecule has 0 unspecified atom stereocenters. The van der Waals surface area contributed by atoms with E-state index in [1.165, 1.54) is 30.4 Å². The van der Waals surface area contributed by atoms with E-state index in [2.05, 4.69) is 17.9 Å². The molecular weight excluding hydrogens is 212 g/mol. The van der Waals surface area contributed by atoms with Crippen LogP contribution in [-0.2, 0) is 6.54 Å². The largest absolute Gasteiger partial charge is 0.399 e. The van der Waals surface area contributed by atoms with Crippen LogP contribution in [0.1, 0.15) is 30.4 Å². The monoisotopic (exact) mass is 234 g/mol. The number of hydrogen-bond donors (Lipinski definition) is 2.